The van der Waals surface area contributed by atoms with E-state index >= 15 is 0 Å². The van der Waals surface area contributed by atoms with E-state index in [1.807, 2.05) is 0 Å². The van der Waals surface area contributed by atoms with E-state index in [2.05, 4.69) is 4.40 Å². The number of carbonyl (C=O) groups is 3. The largest absolute Gasteiger partial charge is 0.355 e. The Morgan fingerprint density at radius 2 is 1.55 bits per heavy atom. The van der Waals surface area contributed by atoms with Gasteiger partial charge in [-0.1, -0.05) is 29.3 Å². The minimum absolute atomic E-state index is 0.0861. The second kappa shape index (κ2) is 7.02. The Morgan fingerprint density at radius 1 is 0.935 bits per heavy atom. The van der Waals surface area contributed by atoms with Crippen LogP contribution in [0.2, 0.25) is 0 Å². The fraction of sp³-hybridized carbons (Fsp3) is 0.238. The van der Waals surface area contributed by atoms with Crippen LogP contribution in [0.25, 0.3) is 0 Å². The third-order valence-electron chi connectivity index (χ3n) is 5.60. The molecule has 158 valence electrons. The number of imide groups is 1. The number of sulfonamides is 1. The van der Waals surface area contributed by atoms with Gasteiger partial charge in [0.25, 0.3) is 21.8 Å². The van der Waals surface area contributed by atoms with Gasteiger partial charge in [-0.15, -0.1) is 4.40 Å². The molecule has 3 aliphatic heterocycles. The second-order valence-electron chi connectivity index (χ2n) is 7.45. The second-order valence-corrected chi connectivity index (χ2v) is 9.02. The van der Waals surface area contributed by atoms with Gasteiger partial charge in [-0.25, -0.2) is 4.79 Å². The fourth-order valence-electron chi connectivity index (χ4n) is 4.13. The van der Waals surface area contributed by atoms with Crippen molar-refractivity contribution in [2.24, 2.45) is 4.40 Å². The molecule has 1 atom stereocenters. The van der Waals surface area contributed by atoms with Crippen LogP contribution in [0.3, 0.4) is 0 Å². The molecule has 3 aliphatic rings. The number of benzene rings is 2. The molecule has 9 nitrogen and oxygen atoms in total. The number of rotatable bonds is 2. The lowest BCUT2D eigenvalue weighted by Crippen LogP contribution is -2.50. The summed E-state index contributed by atoms with van der Waals surface area (Å²) in [4.78, 5) is 45.0. The molecule has 1 unspecified atom stereocenters. The van der Waals surface area contributed by atoms with Gasteiger partial charge >= 0.3 is 5.97 Å². The monoisotopic (exact) mass is 439 g/mol. The highest BCUT2D eigenvalue weighted by Crippen LogP contribution is 2.31. The van der Waals surface area contributed by atoms with E-state index in [0.29, 0.717) is 30.0 Å². The third-order valence-corrected chi connectivity index (χ3v) is 6.92. The van der Waals surface area contributed by atoms with Gasteiger partial charge in [0.15, 0.2) is 5.84 Å². The van der Waals surface area contributed by atoms with E-state index in [-0.39, 0.29) is 21.9 Å². The van der Waals surface area contributed by atoms with E-state index in [4.69, 9.17) is 4.84 Å². The summed E-state index contributed by atoms with van der Waals surface area (Å²) >= 11 is 0. The summed E-state index contributed by atoms with van der Waals surface area (Å²) in [5.74, 6) is -2.04. The molecule has 1 fully saturated rings. The Balaban J connectivity index is 1.43. The lowest BCUT2D eigenvalue weighted by Gasteiger charge is -2.35. The Morgan fingerprint density at radius 3 is 2.23 bits per heavy atom. The highest BCUT2D eigenvalue weighted by atomic mass is 32.2. The zero-order valence-corrected chi connectivity index (χ0v) is 17.0. The van der Waals surface area contributed by atoms with Crippen LogP contribution in [-0.4, -0.2) is 54.6 Å². The Kier molecular flexibility index (Phi) is 4.40. The first-order chi connectivity index (χ1) is 14.9. The van der Waals surface area contributed by atoms with Crippen molar-refractivity contribution in [1.82, 2.24) is 9.96 Å². The summed E-state index contributed by atoms with van der Waals surface area (Å²) < 4.78 is 28.8. The maximum Gasteiger partial charge on any atom is 0.355 e. The van der Waals surface area contributed by atoms with E-state index in [0.717, 1.165) is 6.42 Å². The van der Waals surface area contributed by atoms with Crippen LogP contribution in [0.5, 0.6) is 0 Å². The first-order valence-electron chi connectivity index (χ1n) is 9.79. The number of amides is 2. The minimum Gasteiger partial charge on any atom is -0.342 e. The number of piperidine rings is 1. The molecule has 2 aromatic rings. The number of hydroxylamine groups is 2. The summed E-state index contributed by atoms with van der Waals surface area (Å²) in [6.45, 7) is 0.393. The molecule has 0 saturated carbocycles. The van der Waals surface area contributed by atoms with Crippen LogP contribution in [0.1, 0.15) is 45.5 Å². The van der Waals surface area contributed by atoms with E-state index < -0.39 is 33.8 Å². The van der Waals surface area contributed by atoms with Crippen molar-refractivity contribution in [3.63, 3.8) is 0 Å². The van der Waals surface area contributed by atoms with Crippen LogP contribution in [0.15, 0.2) is 57.8 Å². The van der Waals surface area contributed by atoms with Crippen molar-refractivity contribution in [2.45, 2.75) is 30.2 Å². The minimum atomic E-state index is -3.85. The smallest absolute Gasteiger partial charge is 0.342 e. The predicted molar refractivity (Wildman–Crippen MR) is 108 cm³/mol. The molecule has 0 radical (unpaired) electrons. The maximum atomic E-state index is 13.0. The number of carbonyl (C=O) groups excluding carboxylic acids is 3. The summed E-state index contributed by atoms with van der Waals surface area (Å²) in [6, 6.07) is 11.8. The average molecular weight is 439 g/mol. The first kappa shape index (κ1) is 19.4. The number of hydrogen-bond acceptors (Lipinski definition) is 7. The zero-order valence-electron chi connectivity index (χ0n) is 16.2. The van der Waals surface area contributed by atoms with Crippen LogP contribution in [0.4, 0.5) is 0 Å². The number of fused-ring (bicyclic) bond motifs is 2. The molecule has 10 heteroatoms. The molecule has 5 rings (SSSR count). The molecule has 0 N–H and O–H groups in total. The summed E-state index contributed by atoms with van der Waals surface area (Å²) in [7, 11) is -3.85. The van der Waals surface area contributed by atoms with Gasteiger partial charge in [0, 0.05) is 12.1 Å². The Labute approximate surface area is 177 Å². The third kappa shape index (κ3) is 3.02. The van der Waals surface area contributed by atoms with Crippen molar-refractivity contribution in [2.75, 3.05) is 6.54 Å². The molecule has 1 saturated heterocycles. The molecule has 0 aromatic heterocycles. The molecular weight excluding hydrogens is 422 g/mol. The molecule has 0 spiro atoms. The number of amidine groups is 1. The van der Waals surface area contributed by atoms with E-state index in [9.17, 15) is 22.8 Å². The Bertz CT molecular complexity index is 1230. The van der Waals surface area contributed by atoms with Crippen molar-refractivity contribution < 1.29 is 27.6 Å². The first-order valence-corrected chi connectivity index (χ1v) is 11.2. The van der Waals surface area contributed by atoms with Gasteiger partial charge in [-0.05, 0) is 43.5 Å². The van der Waals surface area contributed by atoms with Gasteiger partial charge < -0.3 is 9.74 Å². The number of hydrogen-bond donors (Lipinski definition) is 0. The van der Waals surface area contributed by atoms with Crippen LogP contribution < -0.4 is 0 Å². The van der Waals surface area contributed by atoms with Crippen molar-refractivity contribution in [3.8, 4) is 0 Å². The van der Waals surface area contributed by atoms with Gasteiger partial charge in [0.05, 0.1) is 11.1 Å². The summed E-state index contributed by atoms with van der Waals surface area (Å²) in [5.41, 5.74) is 0.755. The topological polar surface area (TPSA) is 113 Å². The predicted octanol–water partition coefficient (Wildman–Crippen LogP) is 1.74. The molecule has 2 amide bonds. The quantitative estimate of drug-likeness (QED) is 0.655. The van der Waals surface area contributed by atoms with Crippen LogP contribution >= 0.6 is 0 Å². The average Bonchev–Trinajstić information content (AvgIpc) is 3.20. The fourth-order valence-corrected chi connectivity index (χ4v) is 5.34. The molecule has 31 heavy (non-hydrogen) atoms. The molecule has 3 heterocycles. The van der Waals surface area contributed by atoms with Crippen molar-refractivity contribution in [1.29, 1.82) is 0 Å². The summed E-state index contributed by atoms with van der Waals surface area (Å²) in [6.07, 6.45) is 1.82. The SMILES string of the molecule is O=C(ON1C(=O)c2ccccc2C1=O)C1CCCCN1C1=NS(=O)(=O)c2ccccc21. The molecular formula is C21H17N3O6S. The van der Waals surface area contributed by atoms with Crippen molar-refractivity contribution >= 4 is 33.6 Å². The van der Waals surface area contributed by atoms with Gasteiger partial charge in [-0.3, -0.25) is 9.59 Å². The molecule has 2 aromatic carbocycles. The van der Waals surface area contributed by atoms with Gasteiger partial charge in [-0.2, -0.15) is 8.42 Å². The van der Waals surface area contributed by atoms with Gasteiger partial charge in [0.2, 0.25) is 0 Å². The zero-order chi connectivity index (χ0) is 21.8. The van der Waals surface area contributed by atoms with E-state index in [1.165, 1.54) is 18.2 Å². The normalized spacial score (nSPS) is 21.5. The lowest BCUT2D eigenvalue weighted by molar-refractivity contribution is -0.174. The van der Waals surface area contributed by atoms with Crippen molar-refractivity contribution in [3.05, 3.63) is 65.2 Å². The van der Waals surface area contributed by atoms with E-state index in [1.54, 1.807) is 35.2 Å². The maximum absolute atomic E-state index is 13.0. The van der Waals surface area contributed by atoms with Crippen LogP contribution in [0, 0.1) is 0 Å². The summed E-state index contributed by atoms with van der Waals surface area (Å²) in [5, 5.41) is 0.473. The van der Waals surface area contributed by atoms with Gasteiger partial charge in [0.1, 0.15) is 10.9 Å². The lowest BCUT2D eigenvalue weighted by atomic mass is 10.0. The number of nitrogens with zero attached hydrogens (tertiary/aromatic N) is 3. The highest BCUT2D eigenvalue weighted by Gasteiger charge is 2.43. The molecule has 0 aliphatic carbocycles. The number of likely N-dealkylation sites (tertiary alicyclic amines) is 1. The Hall–Kier alpha value is -3.53. The van der Waals surface area contributed by atoms with Crippen LogP contribution in [-0.2, 0) is 19.7 Å². The standard InChI is InChI=1S/C21H17N3O6S/c25-19-13-7-1-2-8-14(13)20(26)24(19)30-21(27)16-10-5-6-12-23(16)18-15-9-3-4-11-17(15)31(28,29)22-18/h1-4,7-9,11,16H,5-6,10,12H2. The highest BCUT2D eigenvalue weighted by molar-refractivity contribution is 7.90. The molecule has 0 bridgehead atoms.